The number of thioether (sulfide) groups is 3. The maximum absolute atomic E-state index is 14.2. The molecule has 8 heterocycles. The predicted octanol–water partition coefficient (Wildman–Crippen LogP) is 17.4. The Hall–Kier alpha value is -8.08. The van der Waals surface area contributed by atoms with Crippen LogP contribution in [0.5, 0.6) is 5.75 Å². The van der Waals surface area contributed by atoms with Gasteiger partial charge in [-0.3, -0.25) is 19.4 Å². The molecule has 0 spiro atoms. The minimum atomic E-state index is -0.208. The van der Waals surface area contributed by atoms with Gasteiger partial charge < -0.3 is 35.3 Å². The fourth-order valence-corrected chi connectivity index (χ4v) is 15.4. The molecule has 0 radical (unpaired) electrons. The second-order valence-corrected chi connectivity index (χ2v) is 29.4. The van der Waals surface area contributed by atoms with Crippen molar-refractivity contribution in [1.82, 2.24) is 64.0 Å². The lowest BCUT2D eigenvalue weighted by atomic mass is 10.1. The first-order valence-corrected chi connectivity index (χ1v) is 39.0. The third kappa shape index (κ3) is 24.2. The molecule has 0 saturated carbocycles. The van der Waals surface area contributed by atoms with Crippen LogP contribution in [-0.2, 0) is 53.2 Å². The molecule has 1 unspecified atom stereocenters. The van der Waals surface area contributed by atoms with E-state index in [2.05, 4.69) is 107 Å². The molecule has 12 aromatic rings. The lowest BCUT2D eigenvalue weighted by Gasteiger charge is -2.26. The molecule has 15 rings (SSSR count). The molecular weight excluding hydrogens is 1480 g/mol. The number of alkyl halides is 1. The van der Waals surface area contributed by atoms with Gasteiger partial charge in [-0.1, -0.05) is 179 Å². The van der Waals surface area contributed by atoms with Crippen LogP contribution in [-0.4, -0.2) is 185 Å². The molecule has 5 aromatic heterocycles. The summed E-state index contributed by atoms with van der Waals surface area (Å²) in [6.45, 7) is 16.1. The van der Waals surface area contributed by atoms with Gasteiger partial charge in [0.15, 0.2) is 21.6 Å². The topological polar surface area (TPSA) is 199 Å². The van der Waals surface area contributed by atoms with Gasteiger partial charge in [-0.05, 0) is 78.1 Å². The number of morpholine rings is 3. The molecule has 3 fully saturated rings. The number of benzene rings is 7. The van der Waals surface area contributed by atoms with E-state index < -0.39 is 0 Å². The molecule has 1 atom stereocenters. The summed E-state index contributed by atoms with van der Waals surface area (Å²) in [6.07, 6.45) is 7.29. The second kappa shape index (κ2) is 43.3. The van der Waals surface area contributed by atoms with Crippen molar-refractivity contribution in [3.63, 3.8) is 0 Å². The Labute approximate surface area is 662 Å². The highest BCUT2D eigenvalue weighted by molar-refractivity contribution is 7.99. The van der Waals surface area contributed by atoms with E-state index in [9.17, 15) is 9.50 Å². The summed E-state index contributed by atoms with van der Waals surface area (Å²) in [5.41, 5.74) is 9.49. The first-order chi connectivity index (χ1) is 51.2. The van der Waals surface area contributed by atoms with Crippen molar-refractivity contribution in [2.75, 3.05) is 132 Å². The molecule has 3 saturated heterocycles. The van der Waals surface area contributed by atoms with Crippen molar-refractivity contribution in [3.8, 4) is 5.75 Å². The fraction of sp³-hybridized carbons (Fsp3) is 0.346. The number of phenols is 1. The number of fused-ring (bicyclic) bond motifs is 3. The molecule has 0 bridgehead atoms. The predicted molar refractivity (Wildman–Crippen MR) is 447 cm³/mol. The number of nitrogens with zero attached hydrogens (tertiary/aromatic N) is 13. The SMILES string of the molecule is C.C.C.Cl.Clc1cccc(Nc2nc(SCCN3CCOCC3)nc3c2cnn3CCc2ccccc2)c1.Fc1ccccc1CNc1cc(SCCN2CCOCC2)cc2c1cnn2CC(Cl)c1ccccc1.Oc1cccc(Nc2nc(SCCN3CCOCC3)nc3c2cnn3CCc2ccccc2)c1. The molecule has 0 amide bonds. The number of anilines is 5. The lowest BCUT2D eigenvalue weighted by molar-refractivity contribution is 0.0409. The van der Waals surface area contributed by atoms with E-state index in [-0.39, 0.29) is 51.6 Å². The molecule has 572 valence electrons. The van der Waals surface area contributed by atoms with Crippen LogP contribution in [0.3, 0.4) is 0 Å². The Bertz CT molecular complexity index is 4480. The van der Waals surface area contributed by atoms with E-state index in [0.29, 0.717) is 34.6 Å². The molecule has 3 aliphatic rings. The summed E-state index contributed by atoms with van der Waals surface area (Å²) in [5.74, 6) is 4.22. The van der Waals surface area contributed by atoms with Gasteiger partial charge in [0.25, 0.3) is 0 Å². The summed E-state index contributed by atoms with van der Waals surface area (Å²) in [5, 5.41) is 38.7. The highest BCUT2D eigenvalue weighted by atomic mass is 35.5. The van der Waals surface area contributed by atoms with Crippen molar-refractivity contribution in [1.29, 1.82) is 0 Å². The van der Waals surface area contributed by atoms with Crippen LogP contribution in [0.15, 0.2) is 210 Å². The van der Waals surface area contributed by atoms with Gasteiger partial charge >= 0.3 is 0 Å². The Morgan fingerprint density at radius 3 is 1.46 bits per heavy atom. The standard InChI is InChI=1S/C28H30ClFN4OS.C25H27ClN6OS.C25H28N6O2S.3CH4.ClH/c29-25(21-6-2-1-3-7-21)20-34-28-17-23(36-15-12-33-10-13-35-14-11-33)16-27(24(28)19-32-34)31-18-22-8-4-5-9-26(22)30;26-20-7-4-8-21(17-20)28-23-22-18-27-32(10-9-19-5-2-1-3-6-19)24(22)30-25(29-23)34-16-13-31-11-14-33-15-12-31;32-21-8-4-7-20(17-21)27-23-22-18-26-31(10-9-19-5-2-1-3-6-19)24(22)29-25(28-23)34-16-13-30-11-14-33-15-12-30;;;;/h1-9,16-17,19,25,31H,10-15,18,20H2;1-8,17-18H,9-16H2,(H,28,29,30);1-8,17-18,32H,9-16H2,(H,27,28,29);3*1H4;1H. The minimum Gasteiger partial charge on any atom is -0.508 e. The van der Waals surface area contributed by atoms with Gasteiger partial charge in [-0.25, -0.2) is 33.7 Å². The van der Waals surface area contributed by atoms with Gasteiger partial charge in [0.2, 0.25) is 0 Å². The van der Waals surface area contributed by atoms with Crippen LogP contribution in [0.4, 0.5) is 33.1 Å². The van der Waals surface area contributed by atoms with Gasteiger partial charge in [-0.2, -0.15) is 15.3 Å². The second-order valence-electron chi connectivity index (χ2n) is 25.2. The van der Waals surface area contributed by atoms with Crippen LogP contribution < -0.4 is 16.0 Å². The van der Waals surface area contributed by atoms with Crippen LogP contribution in [0.2, 0.25) is 5.02 Å². The average Bonchev–Trinajstić information content (AvgIpc) is 1.60. The van der Waals surface area contributed by atoms with Crippen molar-refractivity contribution in [2.45, 2.75) is 81.9 Å². The number of ether oxygens (including phenoxy) is 3. The fourth-order valence-electron chi connectivity index (χ4n) is 12.3. The van der Waals surface area contributed by atoms with Crippen LogP contribution in [0.25, 0.3) is 33.0 Å². The number of aromatic nitrogens is 10. The number of hydrogen-bond donors (Lipinski definition) is 4. The zero-order valence-electron chi connectivity index (χ0n) is 58.3. The maximum atomic E-state index is 14.2. The normalized spacial score (nSPS) is 14.2. The average molecular weight is 1580 g/mol. The summed E-state index contributed by atoms with van der Waals surface area (Å²) in [4.78, 5) is 27.8. The highest BCUT2D eigenvalue weighted by Crippen LogP contribution is 2.35. The number of hydrogen-bond acceptors (Lipinski definition) is 20. The Morgan fingerprint density at radius 1 is 0.491 bits per heavy atom. The molecule has 0 aliphatic carbocycles. The zero-order chi connectivity index (χ0) is 71.1. The summed E-state index contributed by atoms with van der Waals surface area (Å²) in [6, 6.07) is 56.8. The summed E-state index contributed by atoms with van der Waals surface area (Å²) < 4.78 is 36.5. The van der Waals surface area contributed by atoms with Crippen LogP contribution in [0.1, 0.15) is 49.9 Å². The number of aromatic hydroxyl groups is 1. The largest absolute Gasteiger partial charge is 0.508 e. The maximum Gasteiger partial charge on any atom is 0.191 e. The Balaban J connectivity index is 0.000000184. The first-order valence-electron chi connectivity index (χ1n) is 35.2. The summed E-state index contributed by atoms with van der Waals surface area (Å²) >= 11 is 18.1. The molecule has 7 aromatic carbocycles. The Morgan fingerprint density at radius 2 is 0.954 bits per heavy atom. The molecule has 108 heavy (non-hydrogen) atoms. The van der Waals surface area contributed by atoms with E-state index in [0.717, 1.165) is 213 Å². The van der Waals surface area contributed by atoms with Crippen molar-refractivity contribution in [3.05, 3.63) is 228 Å². The minimum absolute atomic E-state index is 0. The van der Waals surface area contributed by atoms with Gasteiger partial charge in [-0.15, -0.1) is 35.8 Å². The van der Waals surface area contributed by atoms with E-state index >= 15 is 0 Å². The van der Waals surface area contributed by atoms with Gasteiger partial charge in [0.1, 0.15) is 23.2 Å². The molecule has 3 aliphatic heterocycles. The zero-order valence-corrected chi connectivity index (χ0v) is 63.1. The van der Waals surface area contributed by atoms with Gasteiger partial charge in [0.05, 0.1) is 86.4 Å². The smallest absolute Gasteiger partial charge is 0.191 e. The highest BCUT2D eigenvalue weighted by Gasteiger charge is 2.21. The summed E-state index contributed by atoms with van der Waals surface area (Å²) in [7, 11) is 0. The van der Waals surface area contributed by atoms with E-state index in [1.165, 1.54) is 17.2 Å². The number of aryl methyl sites for hydroxylation is 4. The third-order valence-corrected chi connectivity index (χ3v) is 21.2. The van der Waals surface area contributed by atoms with Crippen LogP contribution in [0, 0.1) is 5.82 Å². The van der Waals surface area contributed by atoms with E-state index in [1.807, 2.05) is 129 Å². The monoisotopic (exact) mass is 1580 g/mol. The van der Waals surface area contributed by atoms with Crippen molar-refractivity contribution in [2.24, 2.45) is 0 Å². The van der Waals surface area contributed by atoms with E-state index in [1.54, 1.807) is 47.8 Å². The number of halogens is 4. The Kier molecular flexibility index (Phi) is 33.7. The number of rotatable bonds is 28. The molecule has 20 nitrogen and oxygen atoms in total. The quantitative estimate of drug-likeness (QED) is 0.0205. The first kappa shape index (κ1) is 83.9. The number of phenolic OH excluding ortho intramolecular Hbond substituents is 1. The number of nitrogens with one attached hydrogen (secondary N) is 3. The third-order valence-electron chi connectivity index (χ3n) is 18.0. The van der Waals surface area contributed by atoms with Crippen LogP contribution >= 0.6 is 70.9 Å². The lowest BCUT2D eigenvalue weighted by Crippen LogP contribution is -2.37. The van der Waals surface area contributed by atoms with E-state index in [4.69, 9.17) is 57.3 Å². The van der Waals surface area contributed by atoms with Crippen molar-refractivity contribution >= 4 is 133 Å². The van der Waals surface area contributed by atoms with Gasteiger partial charge in [0, 0.05) is 140 Å². The molecule has 27 heteroatoms. The molecular formula is C81H98Cl3FN16O4S3. The van der Waals surface area contributed by atoms with Crippen molar-refractivity contribution < 1.29 is 23.7 Å². The molecule has 4 N–H and O–H groups in total.